The summed E-state index contributed by atoms with van der Waals surface area (Å²) < 4.78 is 11.0. The quantitative estimate of drug-likeness (QED) is 0.868. The first-order valence-electron chi connectivity index (χ1n) is 7.71. The molecule has 0 spiro atoms. The molecule has 1 amide bonds. The number of hydrogen-bond donors (Lipinski definition) is 1. The molecule has 0 aliphatic heterocycles. The summed E-state index contributed by atoms with van der Waals surface area (Å²) in [7, 11) is 1.59. The number of anilines is 1. The molecule has 2 aromatic carbocycles. The van der Waals surface area contributed by atoms with Gasteiger partial charge < -0.3 is 14.8 Å². The van der Waals surface area contributed by atoms with Crippen LogP contribution in [0.2, 0.25) is 0 Å². The number of rotatable bonds is 6. The highest BCUT2D eigenvalue weighted by Crippen LogP contribution is 2.27. The third kappa shape index (κ3) is 4.49. The molecule has 122 valence electrons. The van der Waals surface area contributed by atoms with Crippen molar-refractivity contribution in [1.82, 2.24) is 0 Å². The summed E-state index contributed by atoms with van der Waals surface area (Å²) >= 11 is 0. The van der Waals surface area contributed by atoms with E-state index in [1.807, 2.05) is 42.5 Å². The van der Waals surface area contributed by atoms with Crippen molar-refractivity contribution < 1.29 is 14.3 Å². The highest BCUT2D eigenvalue weighted by Gasteiger charge is 2.17. The Morgan fingerprint density at radius 3 is 2.48 bits per heavy atom. The Kier molecular flexibility index (Phi) is 5.63. The van der Waals surface area contributed by atoms with Gasteiger partial charge >= 0.3 is 0 Å². The average Bonchev–Trinajstić information content (AvgIpc) is 2.55. The summed E-state index contributed by atoms with van der Waals surface area (Å²) in [6.45, 7) is 5.94. The van der Waals surface area contributed by atoms with Crippen molar-refractivity contribution in [3.63, 3.8) is 0 Å². The molecule has 0 saturated heterocycles. The van der Waals surface area contributed by atoms with E-state index in [1.54, 1.807) is 20.1 Å². The average molecular weight is 313 g/mol. The monoisotopic (exact) mass is 313 g/mol. The summed E-state index contributed by atoms with van der Waals surface area (Å²) in [6.07, 6.45) is -0.596. The summed E-state index contributed by atoms with van der Waals surface area (Å²) in [5.41, 5.74) is 1.77. The van der Waals surface area contributed by atoms with Crippen LogP contribution in [0.1, 0.15) is 32.3 Å². The number of carbonyl (C=O) groups is 1. The number of nitrogens with one attached hydrogen (secondary N) is 1. The zero-order chi connectivity index (χ0) is 16.8. The van der Waals surface area contributed by atoms with Gasteiger partial charge in [0.05, 0.1) is 7.11 Å². The van der Waals surface area contributed by atoms with E-state index in [1.165, 1.54) is 0 Å². The number of carbonyl (C=O) groups excluding carboxylic acids is 1. The molecule has 23 heavy (non-hydrogen) atoms. The summed E-state index contributed by atoms with van der Waals surface area (Å²) in [5, 5.41) is 2.84. The van der Waals surface area contributed by atoms with Crippen LogP contribution >= 0.6 is 0 Å². The van der Waals surface area contributed by atoms with Gasteiger partial charge in [0, 0.05) is 11.8 Å². The van der Waals surface area contributed by atoms with Crippen LogP contribution < -0.4 is 14.8 Å². The first-order valence-corrected chi connectivity index (χ1v) is 7.71. The minimum absolute atomic E-state index is 0.197. The van der Waals surface area contributed by atoms with Crippen LogP contribution in [0.4, 0.5) is 5.69 Å². The maximum Gasteiger partial charge on any atom is 0.265 e. The summed E-state index contributed by atoms with van der Waals surface area (Å²) in [4.78, 5) is 12.3. The van der Waals surface area contributed by atoms with Crippen molar-refractivity contribution >= 4 is 11.6 Å². The second-order valence-electron chi connectivity index (χ2n) is 5.67. The molecule has 0 heterocycles. The number of hydrogen-bond acceptors (Lipinski definition) is 3. The van der Waals surface area contributed by atoms with Gasteiger partial charge in [-0.05, 0) is 36.6 Å². The van der Waals surface area contributed by atoms with E-state index in [0.29, 0.717) is 17.4 Å². The lowest BCUT2D eigenvalue weighted by molar-refractivity contribution is -0.122. The number of para-hydroxylation sites is 1. The molecular formula is C19H23NO3. The van der Waals surface area contributed by atoms with Crippen LogP contribution in [0.5, 0.6) is 11.5 Å². The molecule has 2 rings (SSSR count). The van der Waals surface area contributed by atoms with E-state index in [-0.39, 0.29) is 5.91 Å². The van der Waals surface area contributed by atoms with Crippen molar-refractivity contribution in [3.8, 4) is 11.5 Å². The number of benzene rings is 2. The fraction of sp³-hybridized carbons (Fsp3) is 0.316. The van der Waals surface area contributed by atoms with E-state index in [2.05, 4.69) is 19.2 Å². The van der Waals surface area contributed by atoms with Crippen LogP contribution in [0.3, 0.4) is 0 Å². The predicted octanol–water partition coefficient (Wildman–Crippen LogP) is 4.22. The van der Waals surface area contributed by atoms with Gasteiger partial charge in [0.25, 0.3) is 5.91 Å². The molecule has 2 aromatic rings. The van der Waals surface area contributed by atoms with Gasteiger partial charge in [0.15, 0.2) is 6.10 Å². The lowest BCUT2D eigenvalue weighted by Crippen LogP contribution is -2.30. The second-order valence-corrected chi connectivity index (χ2v) is 5.67. The summed E-state index contributed by atoms with van der Waals surface area (Å²) in [6, 6.07) is 15.0. The molecule has 0 saturated carbocycles. The number of amides is 1. The zero-order valence-corrected chi connectivity index (χ0v) is 14.0. The maximum absolute atomic E-state index is 12.3. The molecular weight excluding hydrogens is 290 g/mol. The third-order valence-corrected chi connectivity index (χ3v) is 3.55. The Hall–Kier alpha value is -2.49. The minimum Gasteiger partial charge on any atom is -0.497 e. The molecule has 1 N–H and O–H groups in total. The van der Waals surface area contributed by atoms with Crippen molar-refractivity contribution in [2.24, 2.45) is 0 Å². The first-order chi connectivity index (χ1) is 11.0. The van der Waals surface area contributed by atoms with E-state index in [4.69, 9.17) is 9.47 Å². The van der Waals surface area contributed by atoms with Gasteiger partial charge in [-0.1, -0.05) is 38.1 Å². The van der Waals surface area contributed by atoms with Crippen molar-refractivity contribution in [3.05, 3.63) is 54.1 Å². The minimum atomic E-state index is -0.596. The maximum atomic E-state index is 12.3. The Bertz CT molecular complexity index is 667. The topological polar surface area (TPSA) is 47.6 Å². The zero-order valence-electron chi connectivity index (χ0n) is 14.0. The molecule has 1 unspecified atom stereocenters. The highest BCUT2D eigenvalue weighted by molar-refractivity contribution is 5.94. The van der Waals surface area contributed by atoms with Crippen LogP contribution in [0, 0.1) is 0 Å². The van der Waals surface area contributed by atoms with Gasteiger partial charge in [-0.15, -0.1) is 0 Å². The highest BCUT2D eigenvalue weighted by atomic mass is 16.5. The summed E-state index contributed by atoms with van der Waals surface area (Å²) in [5.74, 6) is 1.58. The Labute approximate surface area is 137 Å². The van der Waals surface area contributed by atoms with E-state index in [0.717, 1.165) is 11.3 Å². The number of methoxy groups -OCH3 is 1. The molecule has 0 aliphatic rings. The Balaban J connectivity index is 2.05. The van der Waals surface area contributed by atoms with Gasteiger partial charge in [0.2, 0.25) is 0 Å². The van der Waals surface area contributed by atoms with Crippen LogP contribution in [-0.2, 0) is 4.79 Å². The third-order valence-electron chi connectivity index (χ3n) is 3.55. The second kappa shape index (κ2) is 7.68. The smallest absolute Gasteiger partial charge is 0.265 e. The fourth-order valence-corrected chi connectivity index (χ4v) is 2.25. The van der Waals surface area contributed by atoms with Gasteiger partial charge in [-0.2, -0.15) is 0 Å². The van der Waals surface area contributed by atoms with Crippen molar-refractivity contribution in [1.29, 1.82) is 0 Å². The molecule has 1 atom stereocenters. The van der Waals surface area contributed by atoms with Crippen LogP contribution in [0.25, 0.3) is 0 Å². The molecule has 0 radical (unpaired) electrons. The Morgan fingerprint density at radius 1 is 1.04 bits per heavy atom. The molecule has 0 bridgehead atoms. The Morgan fingerprint density at radius 2 is 1.78 bits per heavy atom. The van der Waals surface area contributed by atoms with Gasteiger partial charge in [0.1, 0.15) is 11.5 Å². The normalized spacial score (nSPS) is 11.9. The van der Waals surface area contributed by atoms with Gasteiger partial charge in [-0.3, -0.25) is 4.79 Å². The molecule has 0 aliphatic carbocycles. The molecule has 4 nitrogen and oxygen atoms in total. The fourth-order valence-electron chi connectivity index (χ4n) is 2.25. The van der Waals surface area contributed by atoms with E-state index >= 15 is 0 Å². The lowest BCUT2D eigenvalue weighted by atomic mass is 10.0. The molecule has 0 aromatic heterocycles. The van der Waals surface area contributed by atoms with Crippen LogP contribution in [-0.4, -0.2) is 19.1 Å². The van der Waals surface area contributed by atoms with Crippen molar-refractivity contribution in [2.75, 3.05) is 12.4 Å². The van der Waals surface area contributed by atoms with Crippen molar-refractivity contribution in [2.45, 2.75) is 32.8 Å². The SMILES string of the molecule is COc1cccc(NC(=O)C(C)Oc2ccccc2C(C)C)c1. The van der Waals surface area contributed by atoms with E-state index in [9.17, 15) is 4.79 Å². The molecule has 0 fully saturated rings. The van der Waals surface area contributed by atoms with E-state index < -0.39 is 6.10 Å². The molecule has 4 heteroatoms. The largest absolute Gasteiger partial charge is 0.497 e. The predicted molar refractivity (Wildman–Crippen MR) is 92.2 cm³/mol. The van der Waals surface area contributed by atoms with Gasteiger partial charge in [-0.25, -0.2) is 0 Å². The van der Waals surface area contributed by atoms with Crippen LogP contribution in [0.15, 0.2) is 48.5 Å². The lowest BCUT2D eigenvalue weighted by Gasteiger charge is -2.18. The first kappa shape index (κ1) is 16.9. The standard InChI is InChI=1S/C19H23NO3/c1-13(2)17-10-5-6-11-18(17)23-14(3)19(21)20-15-8-7-9-16(12-15)22-4/h5-14H,1-4H3,(H,20,21). The number of ether oxygens (including phenoxy) is 2.